The predicted molar refractivity (Wildman–Crippen MR) is 220 cm³/mol. The van der Waals surface area contributed by atoms with Crippen LogP contribution in [0.1, 0.15) is 46.2 Å². The molecule has 0 spiro atoms. The first-order chi connectivity index (χ1) is 25.6. The van der Waals surface area contributed by atoms with E-state index in [9.17, 15) is 0 Å². The molecule has 0 fully saturated rings. The van der Waals surface area contributed by atoms with Gasteiger partial charge in [-0.2, -0.15) is 0 Å². The van der Waals surface area contributed by atoms with Crippen molar-refractivity contribution in [3.63, 3.8) is 0 Å². The fraction of sp³-hybridized carbons (Fsp3) is 0.160. The van der Waals surface area contributed by atoms with Crippen LogP contribution < -0.4 is 9.80 Å². The topological polar surface area (TPSA) is 6.48 Å². The van der Waals surface area contributed by atoms with Crippen LogP contribution in [0.25, 0.3) is 22.3 Å². The molecule has 9 rings (SSSR count). The van der Waals surface area contributed by atoms with Crippen LogP contribution in [0.2, 0.25) is 0 Å². The summed E-state index contributed by atoms with van der Waals surface area (Å²) in [5.74, 6) is 0. The highest BCUT2D eigenvalue weighted by molar-refractivity contribution is 5.83. The average molecular weight is 673 g/mol. The molecule has 0 aliphatic heterocycles. The Morgan fingerprint density at radius 2 is 0.635 bits per heavy atom. The Labute approximate surface area is 308 Å². The molecule has 254 valence electrons. The third-order valence-corrected chi connectivity index (χ3v) is 11.1. The molecule has 2 aliphatic carbocycles. The van der Waals surface area contributed by atoms with Gasteiger partial charge in [-0.05, 0) is 158 Å². The second-order valence-electron chi connectivity index (χ2n) is 14.5. The molecule has 7 aromatic rings. The second kappa shape index (κ2) is 13.7. The van der Waals surface area contributed by atoms with E-state index < -0.39 is 0 Å². The fourth-order valence-corrected chi connectivity index (χ4v) is 8.32. The molecule has 0 bridgehead atoms. The van der Waals surface area contributed by atoms with Gasteiger partial charge in [0, 0.05) is 34.1 Å². The molecule has 52 heavy (non-hydrogen) atoms. The van der Waals surface area contributed by atoms with Crippen LogP contribution in [0.3, 0.4) is 0 Å². The zero-order chi connectivity index (χ0) is 35.0. The largest absolute Gasteiger partial charge is 0.310 e. The summed E-state index contributed by atoms with van der Waals surface area (Å²) in [6.45, 7) is 4.31. The quantitative estimate of drug-likeness (QED) is 0.159. The van der Waals surface area contributed by atoms with Crippen molar-refractivity contribution >= 4 is 34.1 Å². The third kappa shape index (κ3) is 6.09. The minimum Gasteiger partial charge on any atom is -0.310 e. The molecule has 2 aliphatic rings. The average Bonchev–Trinajstić information content (AvgIpc) is 3.89. The molecule has 0 N–H and O–H groups in total. The molecular formula is C50H44N2. The lowest BCUT2D eigenvalue weighted by molar-refractivity contribution is 0.911. The monoisotopic (exact) mass is 672 g/mol. The van der Waals surface area contributed by atoms with E-state index in [0.29, 0.717) is 0 Å². The van der Waals surface area contributed by atoms with Gasteiger partial charge in [0.2, 0.25) is 0 Å². The molecule has 0 saturated carbocycles. The maximum atomic E-state index is 2.44. The molecule has 2 nitrogen and oxygen atoms in total. The smallest absolute Gasteiger partial charge is 0.0496 e. The summed E-state index contributed by atoms with van der Waals surface area (Å²) in [5, 5.41) is 0. The van der Waals surface area contributed by atoms with E-state index in [4.69, 9.17) is 0 Å². The van der Waals surface area contributed by atoms with E-state index in [1.807, 2.05) is 0 Å². The van der Waals surface area contributed by atoms with Gasteiger partial charge in [0.25, 0.3) is 0 Å². The number of fused-ring (bicyclic) bond motifs is 2. The van der Waals surface area contributed by atoms with E-state index in [-0.39, 0.29) is 0 Å². The lowest BCUT2D eigenvalue weighted by Gasteiger charge is -2.28. The maximum absolute atomic E-state index is 2.44. The van der Waals surface area contributed by atoms with Crippen molar-refractivity contribution in [1.82, 2.24) is 0 Å². The molecule has 0 atom stereocenters. The molecule has 0 aromatic heterocycles. The summed E-state index contributed by atoms with van der Waals surface area (Å²) in [6, 6.07) is 58.7. The third-order valence-electron chi connectivity index (χ3n) is 11.1. The number of anilines is 6. The first-order valence-electron chi connectivity index (χ1n) is 18.9. The lowest BCUT2D eigenvalue weighted by Crippen LogP contribution is -2.12. The van der Waals surface area contributed by atoms with Crippen molar-refractivity contribution in [2.45, 2.75) is 52.4 Å². The SMILES string of the molecule is Cc1ccc(N(c2ccc(-c3ccc(-c4ccc(N(c5ccc(C)cc5)c5cccc6c5CCC6)cc4)cc3)cc2)c2cccc3c2CCC3)cc1. The maximum Gasteiger partial charge on any atom is 0.0496 e. The summed E-state index contributed by atoms with van der Waals surface area (Å²) >= 11 is 0. The summed E-state index contributed by atoms with van der Waals surface area (Å²) in [7, 11) is 0. The Balaban J connectivity index is 0.987. The number of nitrogens with zero attached hydrogens (tertiary/aromatic N) is 2. The minimum atomic E-state index is 1.14. The van der Waals surface area contributed by atoms with Crippen LogP contribution in [-0.4, -0.2) is 0 Å². The highest BCUT2D eigenvalue weighted by atomic mass is 15.1. The zero-order valence-electron chi connectivity index (χ0n) is 30.1. The minimum absolute atomic E-state index is 1.14. The molecule has 0 heterocycles. The van der Waals surface area contributed by atoms with E-state index >= 15 is 0 Å². The van der Waals surface area contributed by atoms with Gasteiger partial charge < -0.3 is 9.80 Å². The second-order valence-corrected chi connectivity index (χ2v) is 14.5. The van der Waals surface area contributed by atoms with Crippen molar-refractivity contribution in [2.75, 3.05) is 9.80 Å². The van der Waals surface area contributed by atoms with Crippen LogP contribution in [0.4, 0.5) is 34.1 Å². The van der Waals surface area contributed by atoms with E-state index in [0.717, 1.165) is 12.8 Å². The Hall–Kier alpha value is -5.86. The van der Waals surface area contributed by atoms with Crippen LogP contribution in [0.5, 0.6) is 0 Å². The van der Waals surface area contributed by atoms with Crippen molar-refractivity contribution in [1.29, 1.82) is 0 Å². The number of benzene rings is 7. The molecule has 0 amide bonds. The molecule has 7 aromatic carbocycles. The van der Waals surface area contributed by atoms with Gasteiger partial charge in [-0.25, -0.2) is 0 Å². The Morgan fingerprint density at radius 3 is 0.981 bits per heavy atom. The highest BCUT2D eigenvalue weighted by Gasteiger charge is 2.23. The van der Waals surface area contributed by atoms with Crippen LogP contribution >= 0.6 is 0 Å². The molecule has 0 saturated heterocycles. The summed E-state index contributed by atoms with van der Waals surface area (Å²) in [6.07, 6.45) is 7.08. The zero-order valence-corrected chi connectivity index (χ0v) is 30.1. The Kier molecular flexibility index (Phi) is 8.45. The first kappa shape index (κ1) is 32.1. The van der Waals surface area contributed by atoms with Crippen LogP contribution in [0, 0.1) is 13.8 Å². The lowest BCUT2D eigenvalue weighted by atomic mass is 9.99. The number of hydrogen-bond donors (Lipinski definition) is 0. The Morgan fingerprint density at radius 1 is 0.327 bits per heavy atom. The van der Waals surface area contributed by atoms with Gasteiger partial charge in [0.05, 0.1) is 0 Å². The molecule has 0 radical (unpaired) electrons. The number of hydrogen-bond acceptors (Lipinski definition) is 2. The predicted octanol–water partition coefficient (Wildman–Crippen LogP) is 13.6. The van der Waals surface area contributed by atoms with E-state index in [2.05, 4.69) is 181 Å². The molecular weight excluding hydrogens is 629 g/mol. The van der Waals surface area contributed by atoms with Crippen molar-refractivity contribution in [3.05, 3.63) is 191 Å². The van der Waals surface area contributed by atoms with Crippen molar-refractivity contribution in [3.8, 4) is 22.3 Å². The highest BCUT2D eigenvalue weighted by Crippen LogP contribution is 2.43. The summed E-state index contributed by atoms with van der Waals surface area (Å²) in [4.78, 5) is 4.87. The standard InChI is InChI=1S/C50H44N2/c1-35-15-27-43(28-16-35)51(49-13-5-9-41-7-3-11-47(41)49)45-31-23-39(24-32-45)37-19-21-38(22-20-37)40-25-33-46(34-26-40)52(44-29-17-36(2)18-30-44)50-14-6-10-42-8-4-12-48(42)50/h5-6,9-10,13-34H,3-4,7-8,11-12H2,1-2H3. The van der Waals surface area contributed by atoms with Crippen molar-refractivity contribution < 1.29 is 0 Å². The van der Waals surface area contributed by atoms with Gasteiger partial charge in [0.15, 0.2) is 0 Å². The number of aryl methyl sites for hydroxylation is 4. The molecule has 2 heteroatoms. The van der Waals surface area contributed by atoms with Crippen molar-refractivity contribution in [2.24, 2.45) is 0 Å². The summed E-state index contributed by atoms with van der Waals surface area (Å²) in [5.41, 5.74) is 20.8. The van der Waals surface area contributed by atoms with E-state index in [1.54, 1.807) is 0 Å². The van der Waals surface area contributed by atoms with Crippen LogP contribution in [0.15, 0.2) is 158 Å². The first-order valence-corrected chi connectivity index (χ1v) is 18.9. The van der Waals surface area contributed by atoms with Gasteiger partial charge in [-0.1, -0.05) is 108 Å². The van der Waals surface area contributed by atoms with E-state index in [1.165, 1.54) is 115 Å². The molecule has 0 unspecified atom stereocenters. The van der Waals surface area contributed by atoms with Gasteiger partial charge >= 0.3 is 0 Å². The van der Waals surface area contributed by atoms with Gasteiger partial charge in [-0.15, -0.1) is 0 Å². The normalized spacial score (nSPS) is 13.1. The van der Waals surface area contributed by atoms with Gasteiger partial charge in [0.1, 0.15) is 0 Å². The summed E-state index contributed by atoms with van der Waals surface area (Å²) < 4.78 is 0. The fourth-order valence-electron chi connectivity index (χ4n) is 8.32. The Bertz CT molecular complexity index is 2160. The van der Waals surface area contributed by atoms with Gasteiger partial charge in [-0.3, -0.25) is 0 Å². The number of rotatable bonds is 8. The van der Waals surface area contributed by atoms with Crippen LogP contribution in [-0.2, 0) is 25.7 Å².